The maximum absolute atomic E-state index is 13.7. The number of carboxylic acid groups (broad SMARTS) is 6. The van der Waals surface area contributed by atoms with Crippen LogP contribution in [0.25, 0.3) is 10.9 Å². The van der Waals surface area contributed by atoms with Crippen molar-refractivity contribution in [2.24, 2.45) is 5.92 Å². The molecule has 95 heavy (non-hydrogen) atoms. The minimum Gasteiger partial charge on any atom is -0.494 e. The Morgan fingerprint density at radius 3 is 1.74 bits per heavy atom. The summed E-state index contributed by atoms with van der Waals surface area (Å²) in [5.41, 5.74) is 1.39. The van der Waals surface area contributed by atoms with Crippen molar-refractivity contribution in [1.82, 2.24) is 70.7 Å². The molecule has 0 aliphatic carbocycles. The van der Waals surface area contributed by atoms with Crippen molar-refractivity contribution in [3.63, 3.8) is 0 Å². The summed E-state index contributed by atoms with van der Waals surface area (Å²) in [6.07, 6.45) is 3.96. The first-order valence-corrected chi connectivity index (χ1v) is 31.7. The van der Waals surface area contributed by atoms with E-state index in [0.29, 0.717) is 24.4 Å². The fourth-order valence-corrected chi connectivity index (χ4v) is 11.7. The van der Waals surface area contributed by atoms with Gasteiger partial charge in [-0.05, 0) is 81.0 Å². The van der Waals surface area contributed by atoms with E-state index >= 15 is 0 Å². The Bertz CT molecular complexity index is 3340. The van der Waals surface area contributed by atoms with Crippen molar-refractivity contribution >= 4 is 118 Å². The molecule has 0 saturated carbocycles. The summed E-state index contributed by atoms with van der Waals surface area (Å²) in [4.78, 5) is 150. The van der Waals surface area contributed by atoms with Crippen molar-refractivity contribution in [1.29, 1.82) is 0 Å². The fourth-order valence-electron chi connectivity index (χ4n) is 10.1. The number of aliphatic carboxylic acids is 6. The number of rotatable bonds is 39. The van der Waals surface area contributed by atoms with E-state index < -0.39 is 139 Å². The maximum Gasteiger partial charge on any atom is 3.00 e. The summed E-state index contributed by atoms with van der Waals surface area (Å²) < 4.78 is 37.1. The van der Waals surface area contributed by atoms with E-state index in [1.807, 2.05) is 0 Å². The van der Waals surface area contributed by atoms with E-state index in [0.717, 1.165) is 11.9 Å². The molecule has 3 unspecified atom stereocenters. The van der Waals surface area contributed by atoms with Gasteiger partial charge in [-0.3, -0.25) is 77.0 Å². The Morgan fingerprint density at radius 2 is 1.19 bits per heavy atom. The van der Waals surface area contributed by atoms with E-state index in [9.17, 15) is 91.8 Å². The van der Waals surface area contributed by atoms with Gasteiger partial charge in [0.15, 0.2) is 5.95 Å². The summed E-state index contributed by atoms with van der Waals surface area (Å²) in [5, 5.41) is 78.3. The molecule has 35 nitrogen and oxygen atoms in total. The maximum atomic E-state index is 13.7. The Labute approximate surface area is 565 Å². The molecule has 1 fully saturated rings. The van der Waals surface area contributed by atoms with Gasteiger partial charge in [-0.2, -0.15) is 9.82 Å². The van der Waals surface area contributed by atoms with Crippen LogP contribution in [0.3, 0.4) is 0 Å². The van der Waals surface area contributed by atoms with Gasteiger partial charge in [-0.25, -0.2) is 13.4 Å². The van der Waals surface area contributed by atoms with Gasteiger partial charge >= 0.3 is 61.7 Å². The van der Waals surface area contributed by atoms with Gasteiger partial charge in [-0.15, -0.1) is 0 Å². The third kappa shape index (κ3) is 28.6. The van der Waals surface area contributed by atoms with Crippen LogP contribution >= 0.6 is 0 Å². The van der Waals surface area contributed by atoms with Gasteiger partial charge < -0.3 is 72.3 Å². The second kappa shape index (κ2) is 40.0. The predicted molar refractivity (Wildman–Crippen MR) is 339 cm³/mol. The molecule has 3 atom stereocenters. The standard InChI is InChI=1S/C58H83N15O20S.In/c1-37-27-42(28-38(2)53(37)94(91,92)68-44(57(89)90)32-65-54(86)39-6-9-45-41(29-39)31-66-73(45)17-4-12-61-58-62-15-16-63-58)93-26-3-5-46(74)59-13-14-60-56(88)43(8-11-49(78)79)67-55(87)40(7-10-48(76)77)30-64-47(75)33-69-18-20-70(34-50(80)81)22-24-72(36-52(84)85)25-23-71(21-19-69)35-51(82)83;/h6,9,15-16,27-29,31,40,43-44,68H,3-5,7-8,10-14,17-26,30,32-36H2,1-2H3,(H,59,74)(H,60,88)(H,64,75)(H,65,86)(H,67,87)(H,76,77)(H,78,79)(H,80,81)(H,82,83)(H,84,85)(H,89,90)(H2,61,62,63);/q;+3/i;1-4. The van der Waals surface area contributed by atoms with Crippen LogP contribution in [0.5, 0.6) is 5.75 Å². The molecule has 5 amide bonds. The molecule has 1 aliphatic heterocycles. The average molecular weight is 1450 g/mol. The molecule has 5 rings (SSSR count). The number of aryl methyl sites for hydroxylation is 3. The average Bonchev–Trinajstić information content (AvgIpc) is 1.35. The fraction of sp³-hybridized carbons (Fsp3) is 0.534. The smallest absolute Gasteiger partial charge is 0.494 e. The zero-order chi connectivity index (χ0) is 68.9. The van der Waals surface area contributed by atoms with Crippen LogP contribution < -0.4 is 41.4 Å². The molecule has 2 aromatic carbocycles. The minimum atomic E-state index is -4.49. The monoisotopic (exact) mass is 1450 g/mol. The van der Waals surface area contributed by atoms with Gasteiger partial charge in [0.05, 0.1) is 55.3 Å². The first kappa shape index (κ1) is 79.0. The number of ether oxygens (including phenoxy) is 1. The predicted octanol–water partition coefficient (Wildman–Crippen LogP) is -2.53. The number of fused-ring (bicyclic) bond motifs is 1. The number of carbonyl (C=O) groups is 11. The first-order valence-electron chi connectivity index (χ1n) is 30.2. The van der Waals surface area contributed by atoms with Crippen molar-refractivity contribution in [3.8, 4) is 5.75 Å². The van der Waals surface area contributed by atoms with Gasteiger partial charge in [0.2, 0.25) is 33.7 Å². The molecule has 37 heteroatoms. The number of hydrogen-bond acceptors (Lipinski definition) is 21. The Balaban J connectivity index is 0.0000192. The molecule has 3 heterocycles. The summed E-state index contributed by atoms with van der Waals surface area (Å²) in [6, 6.07) is 4.50. The number of sulfonamides is 1. The number of amides is 5. The number of nitrogens with one attached hydrogen (secondary N) is 8. The molecule has 0 bridgehead atoms. The molecule has 0 radical (unpaired) electrons. The van der Waals surface area contributed by atoms with Gasteiger partial charge in [0.1, 0.15) is 17.8 Å². The molecule has 1 saturated heterocycles. The summed E-state index contributed by atoms with van der Waals surface area (Å²) in [5.74, 6) is -11.3. The molecule has 4 aromatic rings. The largest absolute Gasteiger partial charge is 3.00 e. The molecular weight excluding hydrogens is 1370 g/mol. The number of benzene rings is 2. The van der Waals surface area contributed by atoms with E-state index in [-0.39, 0.29) is 158 Å². The number of anilines is 1. The van der Waals surface area contributed by atoms with E-state index in [4.69, 9.17) is 4.74 Å². The van der Waals surface area contributed by atoms with E-state index in [2.05, 4.69) is 51.7 Å². The minimum absolute atomic E-state index is 0. The number of imidazole rings is 1. The van der Waals surface area contributed by atoms with Crippen LogP contribution in [-0.4, -0.2) is 300 Å². The van der Waals surface area contributed by atoms with Gasteiger partial charge in [0, 0.05) is 134 Å². The molecule has 14 N–H and O–H groups in total. The number of nitrogens with zero attached hydrogens (tertiary/aromatic N) is 7. The molecular formula is C58H83InN15O20S+3. The normalized spacial score (nSPS) is 14.7. The van der Waals surface area contributed by atoms with Crippen LogP contribution in [0.4, 0.5) is 5.95 Å². The Morgan fingerprint density at radius 1 is 0.621 bits per heavy atom. The van der Waals surface area contributed by atoms with E-state index in [1.165, 1.54) is 26.0 Å². The SMILES string of the molecule is Cc1cc(OCCCC(=O)NCCNC(=O)C(CCC(=O)O)NC(=O)C(CCC(=O)O)CNC(=O)CN2CCN(CC(=O)O)CCN(CC(=O)O)CCN(CC(=O)O)CC2)cc(C)c1S(=O)(=O)NC(CNC(=O)c1ccc2c(cnn2CCCNc2ncc[nH]2)c1)C(=O)O.[111In+3]. The number of aromatic nitrogens is 4. The van der Waals surface area contributed by atoms with Crippen LogP contribution in [0, 0.1) is 19.8 Å². The van der Waals surface area contributed by atoms with Crippen molar-refractivity contribution in [3.05, 3.63) is 65.6 Å². The Hall–Kier alpha value is -8.49. The molecule has 0 spiro atoms. The van der Waals surface area contributed by atoms with E-state index in [1.54, 1.807) is 61.1 Å². The van der Waals surface area contributed by atoms with Crippen LogP contribution in [0.2, 0.25) is 0 Å². The van der Waals surface area contributed by atoms with Crippen LogP contribution in [0.15, 0.2) is 53.8 Å². The molecule has 1 aliphatic rings. The van der Waals surface area contributed by atoms with Gasteiger partial charge in [0.25, 0.3) is 5.91 Å². The third-order valence-electron chi connectivity index (χ3n) is 14.8. The quantitative estimate of drug-likeness (QED) is 0.0205. The molecule has 516 valence electrons. The summed E-state index contributed by atoms with van der Waals surface area (Å²) in [6.45, 7) is 2.42. The van der Waals surface area contributed by atoms with Crippen molar-refractivity contribution in [2.75, 3.05) is 123 Å². The first-order chi connectivity index (χ1) is 44.6. The van der Waals surface area contributed by atoms with Crippen LogP contribution in [0.1, 0.15) is 66.4 Å². The number of aromatic amines is 1. The Kier molecular flexibility index (Phi) is 33.3. The number of carbonyl (C=O) groups excluding carboxylic acids is 5. The zero-order valence-corrected chi connectivity index (χ0v) is 56.9. The topological polar surface area (TPSA) is 496 Å². The van der Waals surface area contributed by atoms with Gasteiger partial charge in [-0.1, -0.05) is 0 Å². The summed E-state index contributed by atoms with van der Waals surface area (Å²) >= 11 is 0. The number of hydrogen-bond donors (Lipinski definition) is 14. The number of carboxylic acids is 6. The van der Waals surface area contributed by atoms with Crippen molar-refractivity contribution in [2.45, 2.75) is 82.3 Å². The zero-order valence-electron chi connectivity index (χ0n) is 52.8. The second-order valence-corrected chi connectivity index (χ2v) is 23.9. The number of H-pyrrole nitrogens is 1. The second-order valence-electron chi connectivity index (χ2n) is 22.3. The third-order valence-corrected chi connectivity index (χ3v) is 16.6. The van der Waals surface area contributed by atoms with Crippen LogP contribution in [-0.2, 0) is 64.5 Å². The molecule has 2 aromatic heterocycles. The van der Waals surface area contributed by atoms with Crippen molar-refractivity contribution < 1.29 is 96.5 Å². The summed E-state index contributed by atoms with van der Waals surface area (Å²) in [7, 11) is -4.49.